The fourth-order valence-corrected chi connectivity index (χ4v) is 2.76. The molecule has 5 N–H and O–H groups in total. The topological polar surface area (TPSA) is 99.1 Å². The van der Waals surface area contributed by atoms with Gasteiger partial charge in [-0.1, -0.05) is 42.5 Å². The number of hydrogen-bond acceptors (Lipinski definition) is 6. The highest BCUT2D eigenvalue weighted by atomic mass is 16.5. The van der Waals surface area contributed by atoms with Crippen molar-refractivity contribution in [2.45, 2.75) is 20.1 Å². The van der Waals surface area contributed by atoms with Gasteiger partial charge in [0.2, 0.25) is 5.95 Å². The van der Waals surface area contributed by atoms with Crippen LogP contribution in [0, 0.1) is 0 Å². The summed E-state index contributed by atoms with van der Waals surface area (Å²) in [5.74, 6) is 0.501. The van der Waals surface area contributed by atoms with E-state index in [2.05, 4.69) is 22.2 Å². The zero-order valence-electron chi connectivity index (χ0n) is 14.8. The van der Waals surface area contributed by atoms with Crippen molar-refractivity contribution in [3.05, 3.63) is 65.9 Å². The van der Waals surface area contributed by atoms with Crippen LogP contribution in [0.3, 0.4) is 0 Å². The Morgan fingerprint density at radius 3 is 2.35 bits per heavy atom. The second kappa shape index (κ2) is 8.31. The Morgan fingerprint density at radius 1 is 0.923 bits per heavy atom. The van der Waals surface area contributed by atoms with Crippen molar-refractivity contribution in [3.8, 4) is 11.1 Å². The molecule has 0 amide bonds. The summed E-state index contributed by atoms with van der Waals surface area (Å²) in [6.45, 7) is 3.71. The van der Waals surface area contributed by atoms with Crippen LogP contribution in [0.15, 0.2) is 54.6 Å². The Balaban J connectivity index is 1.82. The molecular weight excluding hydrogens is 326 g/mol. The molecule has 0 aliphatic carbocycles. The first-order chi connectivity index (χ1) is 12.7. The van der Waals surface area contributed by atoms with Gasteiger partial charge in [0.15, 0.2) is 0 Å². The third kappa shape index (κ3) is 4.29. The summed E-state index contributed by atoms with van der Waals surface area (Å²) >= 11 is 0. The van der Waals surface area contributed by atoms with Crippen LogP contribution >= 0.6 is 0 Å². The number of nitrogen functional groups attached to an aromatic ring is 2. The number of ether oxygens (including phenoxy) is 1. The maximum atomic E-state index is 6.13. The molecular formula is C20H23N5O. The van der Waals surface area contributed by atoms with Crippen LogP contribution in [0.5, 0.6) is 0 Å². The van der Waals surface area contributed by atoms with Gasteiger partial charge < -0.3 is 21.5 Å². The zero-order valence-corrected chi connectivity index (χ0v) is 14.8. The second-order valence-corrected chi connectivity index (χ2v) is 5.87. The highest BCUT2D eigenvalue weighted by Crippen LogP contribution is 2.30. The Kier molecular flexibility index (Phi) is 5.66. The monoisotopic (exact) mass is 349 g/mol. The smallest absolute Gasteiger partial charge is 0.222 e. The molecule has 0 aliphatic rings. The minimum Gasteiger partial charge on any atom is -0.385 e. The third-order valence-electron chi connectivity index (χ3n) is 3.93. The predicted octanol–water partition coefficient (Wildman–Crippen LogP) is 3.46. The number of anilines is 3. The van der Waals surface area contributed by atoms with Crippen molar-refractivity contribution in [1.82, 2.24) is 9.97 Å². The molecule has 0 spiro atoms. The van der Waals surface area contributed by atoms with E-state index < -0.39 is 0 Å². The lowest BCUT2D eigenvalue weighted by atomic mass is 10.0. The highest BCUT2D eigenvalue weighted by Gasteiger charge is 2.14. The first-order valence-electron chi connectivity index (χ1n) is 8.55. The van der Waals surface area contributed by atoms with Gasteiger partial charge in [0, 0.05) is 17.8 Å². The maximum absolute atomic E-state index is 6.13. The van der Waals surface area contributed by atoms with E-state index in [1.165, 1.54) is 0 Å². The molecule has 134 valence electrons. The van der Waals surface area contributed by atoms with Gasteiger partial charge in [-0.15, -0.1) is 0 Å². The zero-order chi connectivity index (χ0) is 18.4. The molecule has 0 atom stereocenters. The van der Waals surface area contributed by atoms with Crippen LogP contribution in [-0.4, -0.2) is 16.5 Å². The van der Waals surface area contributed by atoms with Crippen LogP contribution in [-0.2, 0) is 18.0 Å². The lowest BCUT2D eigenvalue weighted by Gasteiger charge is -2.13. The standard InChI is InChI=1S/C20H23N5O/c1-2-23-16-10-8-15(9-11-16)18-17(24-20(22)25-19(18)21)13-26-12-14-6-4-3-5-7-14/h3-11,23H,2,12-13H2,1H3,(H4,21,22,24,25). The first-order valence-corrected chi connectivity index (χ1v) is 8.55. The first kappa shape index (κ1) is 17.7. The summed E-state index contributed by atoms with van der Waals surface area (Å²) in [5, 5.41) is 3.27. The van der Waals surface area contributed by atoms with Gasteiger partial charge in [-0.05, 0) is 30.2 Å². The van der Waals surface area contributed by atoms with E-state index in [0.29, 0.717) is 24.7 Å². The fraction of sp³-hybridized carbons (Fsp3) is 0.200. The minimum atomic E-state index is 0.147. The van der Waals surface area contributed by atoms with Gasteiger partial charge in [0.05, 0.1) is 18.9 Å². The number of nitrogens with two attached hydrogens (primary N) is 2. The van der Waals surface area contributed by atoms with E-state index in [1.807, 2.05) is 54.6 Å². The normalized spacial score (nSPS) is 10.7. The number of nitrogens with one attached hydrogen (secondary N) is 1. The SMILES string of the molecule is CCNc1ccc(-c2c(N)nc(N)nc2COCc2ccccc2)cc1. The van der Waals surface area contributed by atoms with Gasteiger partial charge in [-0.25, -0.2) is 4.98 Å². The molecule has 1 heterocycles. The summed E-state index contributed by atoms with van der Waals surface area (Å²) in [6.07, 6.45) is 0. The van der Waals surface area contributed by atoms with E-state index in [0.717, 1.165) is 28.9 Å². The number of hydrogen-bond donors (Lipinski definition) is 3. The van der Waals surface area contributed by atoms with Crippen LogP contribution in [0.1, 0.15) is 18.2 Å². The Morgan fingerprint density at radius 2 is 1.65 bits per heavy atom. The number of benzene rings is 2. The Labute approximate surface area is 153 Å². The van der Waals surface area contributed by atoms with Crippen molar-refractivity contribution < 1.29 is 4.74 Å². The summed E-state index contributed by atoms with van der Waals surface area (Å²) in [4.78, 5) is 8.46. The molecule has 0 aliphatic heterocycles. The highest BCUT2D eigenvalue weighted by molar-refractivity contribution is 5.77. The molecule has 0 fully saturated rings. The van der Waals surface area contributed by atoms with Crippen LogP contribution in [0.2, 0.25) is 0 Å². The van der Waals surface area contributed by atoms with Gasteiger partial charge in [0.25, 0.3) is 0 Å². The average Bonchev–Trinajstić information content (AvgIpc) is 2.64. The molecule has 2 aromatic carbocycles. The van der Waals surface area contributed by atoms with Gasteiger partial charge in [-0.3, -0.25) is 0 Å². The van der Waals surface area contributed by atoms with Crippen molar-refractivity contribution in [2.24, 2.45) is 0 Å². The number of rotatable bonds is 7. The molecule has 3 aromatic rings. The fourth-order valence-electron chi connectivity index (χ4n) is 2.76. The molecule has 0 bridgehead atoms. The van der Waals surface area contributed by atoms with Crippen molar-refractivity contribution in [2.75, 3.05) is 23.3 Å². The van der Waals surface area contributed by atoms with Gasteiger partial charge in [-0.2, -0.15) is 4.98 Å². The maximum Gasteiger partial charge on any atom is 0.222 e. The quantitative estimate of drug-likeness (QED) is 0.604. The Bertz CT molecular complexity index is 850. The summed E-state index contributed by atoms with van der Waals surface area (Å²) < 4.78 is 5.83. The molecule has 26 heavy (non-hydrogen) atoms. The van der Waals surface area contributed by atoms with Crippen LogP contribution < -0.4 is 16.8 Å². The van der Waals surface area contributed by atoms with Crippen molar-refractivity contribution >= 4 is 17.5 Å². The summed E-state index contributed by atoms with van der Waals surface area (Å²) in [5.41, 5.74) is 16.4. The molecule has 0 unspecified atom stereocenters. The van der Waals surface area contributed by atoms with E-state index in [9.17, 15) is 0 Å². The van der Waals surface area contributed by atoms with E-state index >= 15 is 0 Å². The second-order valence-electron chi connectivity index (χ2n) is 5.87. The molecule has 6 heteroatoms. The molecule has 1 aromatic heterocycles. The molecule has 3 rings (SSSR count). The predicted molar refractivity (Wildman–Crippen MR) is 105 cm³/mol. The molecule has 0 saturated heterocycles. The van der Waals surface area contributed by atoms with E-state index in [4.69, 9.17) is 16.2 Å². The van der Waals surface area contributed by atoms with Crippen LogP contribution in [0.4, 0.5) is 17.5 Å². The average molecular weight is 349 g/mol. The minimum absolute atomic E-state index is 0.147. The lowest BCUT2D eigenvalue weighted by Crippen LogP contribution is -2.08. The van der Waals surface area contributed by atoms with E-state index in [1.54, 1.807) is 0 Å². The lowest BCUT2D eigenvalue weighted by molar-refractivity contribution is 0.105. The third-order valence-corrected chi connectivity index (χ3v) is 3.93. The molecule has 6 nitrogen and oxygen atoms in total. The van der Waals surface area contributed by atoms with Crippen molar-refractivity contribution in [3.63, 3.8) is 0 Å². The van der Waals surface area contributed by atoms with Gasteiger partial charge >= 0.3 is 0 Å². The summed E-state index contributed by atoms with van der Waals surface area (Å²) in [6, 6.07) is 18.0. The number of aromatic nitrogens is 2. The van der Waals surface area contributed by atoms with Gasteiger partial charge in [0.1, 0.15) is 5.82 Å². The largest absolute Gasteiger partial charge is 0.385 e. The molecule has 0 saturated carbocycles. The molecule has 0 radical (unpaired) electrons. The van der Waals surface area contributed by atoms with E-state index in [-0.39, 0.29) is 5.95 Å². The number of nitrogens with zero attached hydrogens (tertiary/aromatic N) is 2. The van der Waals surface area contributed by atoms with Crippen LogP contribution in [0.25, 0.3) is 11.1 Å². The Hall–Kier alpha value is -3.12. The van der Waals surface area contributed by atoms with Crippen molar-refractivity contribution in [1.29, 1.82) is 0 Å². The summed E-state index contributed by atoms with van der Waals surface area (Å²) in [7, 11) is 0.